The zero-order chi connectivity index (χ0) is 29.3. The van der Waals surface area contributed by atoms with E-state index in [0.29, 0.717) is 46.2 Å². The van der Waals surface area contributed by atoms with Crippen LogP contribution in [0.15, 0.2) is 67.4 Å². The Morgan fingerprint density at radius 2 is 1.93 bits per heavy atom. The lowest BCUT2D eigenvalue weighted by atomic mass is 10.1. The van der Waals surface area contributed by atoms with Gasteiger partial charge in [0.25, 0.3) is 5.91 Å². The molecule has 6 rings (SSSR count). The van der Waals surface area contributed by atoms with Crippen molar-refractivity contribution >= 4 is 34.3 Å². The number of aromatic nitrogens is 6. The molecular formula is C29H25F3N8O2. The maximum atomic E-state index is 13.1. The van der Waals surface area contributed by atoms with Crippen LogP contribution in [-0.2, 0) is 10.9 Å². The van der Waals surface area contributed by atoms with Crippen LogP contribution in [0.3, 0.4) is 0 Å². The molecule has 0 radical (unpaired) electrons. The van der Waals surface area contributed by atoms with E-state index >= 15 is 0 Å². The van der Waals surface area contributed by atoms with Crippen molar-refractivity contribution in [3.8, 4) is 11.3 Å². The third kappa shape index (κ3) is 5.50. The summed E-state index contributed by atoms with van der Waals surface area (Å²) in [6.07, 6.45) is 3.02. The minimum atomic E-state index is -4.66. The van der Waals surface area contributed by atoms with E-state index in [9.17, 15) is 18.0 Å². The topological polar surface area (TPSA) is 120 Å². The third-order valence-electron chi connectivity index (χ3n) is 6.91. The van der Waals surface area contributed by atoms with Gasteiger partial charge in [-0.3, -0.25) is 9.36 Å². The molecule has 214 valence electrons. The zero-order valence-corrected chi connectivity index (χ0v) is 22.4. The molecule has 1 amide bonds. The van der Waals surface area contributed by atoms with E-state index in [2.05, 4.69) is 35.6 Å². The Hall–Kier alpha value is -4.91. The standard InChI is InChI=1S/C29H25F3N8O2/c1-17-10-11-18(37-28(41)20-7-4-8-22(38-20)29(30,31)32)14-21(17)39-26-19(6-5-12-33-26)24-25-27(35-15-34-24)40(16-36-25)23-9-2-3-13-42-23/h4-8,10-12,14-16,23H,2-3,9,13H2,1H3,(H,33,39)(H,37,41). The molecular weight excluding hydrogens is 549 g/mol. The molecule has 0 spiro atoms. The van der Waals surface area contributed by atoms with Crippen LogP contribution in [-0.4, -0.2) is 42.0 Å². The van der Waals surface area contributed by atoms with Crippen molar-refractivity contribution in [1.82, 2.24) is 29.5 Å². The molecule has 2 N–H and O–H groups in total. The second-order valence-electron chi connectivity index (χ2n) is 9.78. The number of aryl methyl sites for hydroxylation is 1. The van der Waals surface area contributed by atoms with Crippen LogP contribution >= 0.6 is 0 Å². The van der Waals surface area contributed by atoms with Crippen molar-refractivity contribution in [3.63, 3.8) is 0 Å². The Morgan fingerprint density at radius 3 is 2.74 bits per heavy atom. The number of nitrogens with one attached hydrogen (secondary N) is 2. The van der Waals surface area contributed by atoms with Crippen LogP contribution in [0.1, 0.15) is 47.2 Å². The van der Waals surface area contributed by atoms with E-state index in [1.807, 2.05) is 17.6 Å². The summed E-state index contributed by atoms with van der Waals surface area (Å²) in [5.74, 6) is -0.276. The zero-order valence-electron chi connectivity index (χ0n) is 22.4. The molecule has 5 aromatic rings. The van der Waals surface area contributed by atoms with Crippen molar-refractivity contribution in [2.24, 2.45) is 0 Å². The molecule has 13 heteroatoms. The molecule has 1 aliphatic heterocycles. The quantitative estimate of drug-likeness (QED) is 0.242. The summed E-state index contributed by atoms with van der Waals surface area (Å²) in [4.78, 5) is 34.3. The van der Waals surface area contributed by atoms with Crippen molar-refractivity contribution in [2.45, 2.75) is 38.6 Å². The molecule has 4 aromatic heterocycles. The van der Waals surface area contributed by atoms with Crippen LogP contribution < -0.4 is 10.6 Å². The largest absolute Gasteiger partial charge is 0.433 e. The fourth-order valence-corrected chi connectivity index (χ4v) is 4.78. The van der Waals surface area contributed by atoms with E-state index in [4.69, 9.17) is 4.74 Å². The summed E-state index contributed by atoms with van der Waals surface area (Å²) in [6.45, 7) is 2.56. The van der Waals surface area contributed by atoms with Crippen LogP contribution in [0.25, 0.3) is 22.4 Å². The number of nitrogens with zero attached hydrogens (tertiary/aromatic N) is 6. The van der Waals surface area contributed by atoms with E-state index < -0.39 is 17.8 Å². The average molecular weight is 575 g/mol. The van der Waals surface area contributed by atoms with Gasteiger partial charge in [0.15, 0.2) is 5.65 Å². The Kier molecular flexibility index (Phi) is 7.25. The summed E-state index contributed by atoms with van der Waals surface area (Å²) < 4.78 is 47.1. The van der Waals surface area contributed by atoms with E-state index in [1.165, 1.54) is 12.4 Å². The number of carbonyl (C=O) groups excluding carboxylic acids is 1. The molecule has 42 heavy (non-hydrogen) atoms. The van der Waals surface area contributed by atoms with Crippen LogP contribution in [0.4, 0.5) is 30.4 Å². The maximum absolute atomic E-state index is 13.1. The molecule has 5 heterocycles. The summed E-state index contributed by atoms with van der Waals surface area (Å²) in [6, 6.07) is 11.9. The average Bonchev–Trinajstić information content (AvgIpc) is 3.44. The summed E-state index contributed by atoms with van der Waals surface area (Å²) >= 11 is 0. The summed E-state index contributed by atoms with van der Waals surface area (Å²) in [5.41, 5.74) is 2.87. The van der Waals surface area contributed by atoms with Crippen LogP contribution in [0, 0.1) is 6.92 Å². The molecule has 0 bridgehead atoms. The van der Waals surface area contributed by atoms with Gasteiger partial charge in [0, 0.05) is 29.7 Å². The van der Waals surface area contributed by atoms with Gasteiger partial charge < -0.3 is 15.4 Å². The first-order valence-electron chi connectivity index (χ1n) is 13.3. The number of halogens is 3. The second kappa shape index (κ2) is 11.2. The highest BCUT2D eigenvalue weighted by molar-refractivity contribution is 6.03. The predicted octanol–water partition coefficient (Wildman–Crippen LogP) is 6.31. The monoisotopic (exact) mass is 574 g/mol. The molecule has 0 aliphatic carbocycles. The maximum Gasteiger partial charge on any atom is 0.433 e. The van der Waals surface area contributed by atoms with Gasteiger partial charge >= 0.3 is 6.18 Å². The van der Waals surface area contributed by atoms with Gasteiger partial charge in [-0.25, -0.2) is 24.9 Å². The predicted molar refractivity (Wildman–Crippen MR) is 149 cm³/mol. The number of imidazole rings is 1. The first-order valence-corrected chi connectivity index (χ1v) is 13.3. The lowest BCUT2D eigenvalue weighted by Crippen LogP contribution is -2.17. The fraction of sp³-hybridized carbons (Fsp3) is 0.241. The van der Waals surface area contributed by atoms with E-state index in [0.717, 1.165) is 37.0 Å². The Balaban J connectivity index is 1.28. The lowest BCUT2D eigenvalue weighted by Gasteiger charge is -2.23. The number of benzene rings is 1. The number of carbonyl (C=O) groups is 1. The molecule has 1 aliphatic rings. The number of alkyl halides is 3. The first kappa shape index (κ1) is 27.3. The lowest BCUT2D eigenvalue weighted by molar-refractivity contribution is -0.141. The van der Waals surface area contributed by atoms with Crippen molar-refractivity contribution in [1.29, 1.82) is 0 Å². The van der Waals surface area contributed by atoms with Crippen LogP contribution in [0.5, 0.6) is 0 Å². The molecule has 1 aromatic carbocycles. The SMILES string of the molecule is Cc1ccc(NC(=O)c2cccc(C(F)(F)F)n2)cc1Nc1ncccc1-c1ncnc2c1ncn2C1CCCCO1. The molecule has 1 unspecified atom stereocenters. The molecule has 10 nitrogen and oxygen atoms in total. The van der Waals surface area contributed by atoms with Crippen molar-refractivity contribution in [3.05, 3.63) is 84.3 Å². The number of hydrogen-bond donors (Lipinski definition) is 2. The fourth-order valence-electron chi connectivity index (χ4n) is 4.78. The van der Waals surface area contributed by atoms with Gasteiger partial charge in [-0.05, 0) is 68.1 Å². The molecule has 1 fully saturated rings. The van der Waals surface area contributed by atoms with E-state index in [-0.39, 0.29) is 11.9 Å². The van der Waals surface area contributed by atoms with Crippen molar-refractivity contribution in [2.75, 3.05) is 17.2 Å². The molecule has 1 saturated heterocycles. The van der Waals surface area contributed by atoms with Gasteiger partial charge in [-0.1, -0.05) is 12.1 Å². The first-order chi connectivity index (χ1) is 20.3. The number of ether oxygens (including phenoxy) is 1. The van der Waals surface area contributed by atoms with Gasteiger partial charge in [0.05, 0.1) is 6.33 Å². The van der Waals surface area contributed by atoms with Crippen LogP contribution in [0.2, 0.25) is 0 Å². The number of anilines is 3. The molecule has 1 atom stereocenters. The number of rotatable bonds is 6. The smallest absolute Gasteiger partial charge is 0.358 e. The number of fused-ring (bicyclic) bond motifs is 1. The number of hydrogen-bond acceptors (Lipinski definition) is 8. The van der Waals surface area contributed by atoms with Gasteiger partial charge in [-0.2, -0.15) is 13.2 Å². The minimum Gasteiger partial charge on any atom is -0.358 e. The number of amides is 1. The van der Waals surface area contributed by atoms with Gasteiger partial charge in [0.1, 0.15) is 41.0 Å². The summed E-state index contributed by atoms with van der Waals surface area (Å²) in [5, 5.41) is 5.93. The normalized spacial score (nSPS) is 15.5. The highest BCUT2D eigenvalue weighted by Gasteiger charge is 2.33. The second-order valence-corrected chi connectivity index (χ2v) is 9.78. The summed E-state index contributed by atoms with van der Waals surface area (Å²) in [7, 11) is 0. The van der Waals surface area contributed by atoms with Crippen molar-refractivity contribution < 1.29 is 22.7 Å². The molecule has 0 saturated carbocycles. The Bertz CT molecular complexity index is 1770. The third-order valence-corrected chi connectivity index (χ3v) is 6.91. The number of pyridine rings is 2. The highest BCUT2D eigenvalue weighted by atomic mass is 19.4. The Morgan fingerprint density at radius 1 is 1.05 bits per heavy atom. The van der Waals surface area contributed by atoms with Gasteiger partial charge in [0.2, 0.25) is 0 Å². The minimum absolute atomic E-state index is 0.135. The highest BCUT2D eigenvalue weighted by Crippen LogP contribution is 2.34. The van der Waals surface area contributed by atoms with E-state index in [1.54, 1.807) is 36.8 Å². The van der Waals surface area contributed by atoms with Gasteiger partial charge in [-0.15, -0.1) is 0 Å². The Labute approximate surface area is 238 Å².